The van der Waals surface area contributed by atoms with E-state index in [-0.39, 0.29) is 5.69 Å². The molecule has 0 aliphatic heterocycles. The Bertz CT molecular complexity index is 558. The van der Waals surface area contributed by atoms with Crippen LogP contribution in [0.4, 0.5) is 0 Å². The van der Waals surface area contributed by atoms with E-state index in [4.69, 9.17) is 0 Å². The molecule has 17 heavy (non-hydrogen) atoms. The highest BCUT2D eigenvalue weighted by atomic mass is 16.1. The number of rotatable bonds is 4. The summed E-state index contributed by atoms with van der Waals surface area (Å²) in [4.78, 5) is 15.7. The highest BCUT2D eigenvalue weighted by molar-refractivity contribution is 5.38. The van der Waals surface area contributed by atoms with E-state index < -0.39 is 0 Å². The van der Waals surface area contributed by atoms with E-state index in [1.807, 2.05) is 13.1 Å². The molecule has 0 radical (unpaired) electrons. The van der Waals surface area contributed by atoms with E-state index in [2.05, 4.69) is 34.3 Å². The minimum Gasteiger partial charge on any atom is -0.317 e. The molecule has 2 aromatic rings. The summed E-state index contributed by atoms with van der Waals surface area (Å²) >= 11 is 0. The number of fused-ring (bicyclic) bond motifs is 1. The fraction of sp³-hybridized carbons (Fsp3) is 0.545. The number of nitrogens with zero attached hydrogens (tertiary/aromatic N) is 3. The Hall–Kier alpha value is -1.69. The third-order valence-electron chi connectivity index (χ3n) is 3.21. The molecule has 0 aliphatic rings. The van der Waals surface area contributed by atoms with Crippen LogP contribution in [0.2, 0.25) is 0 Å². The van der Waals surface area contributed by atoms with Crippen LogP contribution in [-0.4, -0.2) is 32.7 Å². The molecule has 0 fully saturated rings. The van der Waals surface area contributed by atoms with Crippen molar-refractivity contribution in [1.82, 2.24) is 24.9 Å². The Balaban J connectivity index is 2.44. The third-order valence-corrected chi connectivity index (χ3v) is 3.21. The number of likely N-dealkylation sites (N-methyl/N-ethyl adjacent to an activating group) is 1. The van der Waals surface area contributed by atoms with E-state index in [0.717, 1.165) is 12.1 Å². The van der Waals surface area contributed by atoms with Crippen molar-refractivity contribution in [3.8, 4) is 0 Å². The molecule has 0 saturated carbocycles. The van der Waals surface area contributed by atoms with Gasteiger partial charge in [0.1, 0.15) is 6.33 Å². The molecule has 2 rings (SSSR count). The van der Waals surface area contributed by atoms with Gasteiger partial charge in [0.2, 0.25) is 0 Å². The second-order valence-electron chi connectivity index (χ2n) is 4.16. The molecule has 2 heterocycles. The Morgan fingerprint density at radius 3 is 3.00 bits per heavy atom. The smallest absolute Gasteiger partial charge is 0.317 e. The van der Waals surface area contributed by atoms with Crippen molar-refractivity contribution in [2.24, 2.45) is 0 Å². The molecule has 0 saturated heterocycles. The zero-order chi connectivity index (χ0) is 12.4. The molecule has 0 aliphatic carbocycles. The van der Waals surface area contributed by atoms with Gasteiger partial charge in [0.25, 0.3) is 0 Å². The Labute approximate surface area is 99.1 Å². The van der Waals surface area contributed by atoms with E-state index in [1.165, 1.54) is 10.7 Å². The SMILES string of the molecule is CCC(c1cc2n[nH]c(=O)n2cn1)C(C)NC. The van der Waals surface area contributed by atoms with Crippen LogP contribution in [0, 0.1) is 0 Å². The van der Waals surface area contributed by atoms with Crippen LogP contribution in [0.3, 0.4) is 0 Å². The lowest BCUT2D eigenvalue weighted by Gasteiger charge is -2.21. The lowest BCUT2D eigenvalue weighted by atomic mass is 9.94. The topological polar surface area (TPSA) is 75.1 Å². The van der Waals surface area contributed by atoms with Crippen molar-refractivity contribution >= 4 is 5.65 Å². The van der Waals surface area contributed by atoms with Crippen molar-refractivity contribution in [1.29, 1.82) is 0 Å². The van der Waals surface area contributed by atoms with Gasteiger partial charge in [-0.2, -0.15) is 5.10 Å². The lowest BCUT2D eigenvalue weighted by Crippen LogP contribution is -2.29. The predicted molar refractivity (Wildman–Crippen MR) is 65.2 cm³/mol. The molecular weight excluding hydrogens is 218 g/mol. The van der Waals surface area contributed by atoms with Gasteiger partial charge in [-0.05, 0) is 20.4 Å². The van der Waals surface area contributed by atoms with Crippen molar-refractivity contribution in [2.75, 3.05) is 7.05 Å². The standard InChI is InChI=1S/C11H17N5O/c1-4-8(7(2)12-3)9-5-10-14-15-11(17)16(10)6-13-9/h5-8,12H,4H2,1-3H3,(H,15,17). The largest absolute Gasteiger partial charge is 0.348 e. The molecule has 2 N–H and O–H groups in total. The molecule has 92 valence electrons. The van der Waals surface area contributed by atoms with Crippen LogP contribution in [-0.2, 0) is 0 Å². The van der Waals surface area contributed by atoms with Gasteiger partial charge in [0.05, 0.1) is 5.69 Å². The van der Waals surface area contributed by atoms with Crippen LogP contribution in [0.5, 0.6) is 0 Å². The quantitative estimate of drug-likeness (QED) is 0.810. The predicted octanol–water partition coefficient (Wildman–Crippen LogP) is 0.519. The molecule has 6 heteroatoms. The normalized spacial score (nSPS) is 15.0. The molecule has 2 aromatic heterocycles. The fourth-order valence-electron chi connectivity index (χ4n) is 2.05. The monoisotopic (exact) mass is 235 g/mol. The zero-order valence-electron chi connectivity index (χ0n) is 10.3. The fourth-order valence-corrected chi connectivity index (χ4v) is 2.05. The first-order valence-electron chi connectivity index (χ1n) is 5.77. The van der Waals surface area contributed by atoms with E-state index in [1.54, 1.807) is 0 Å². The molecule has 0 bridgehead atoms. The molecule has 2 unspecified atom stereocenters. The number of hydrogen-bond acceptors (Lipinski definition) is 4. The molecule has 0 amide bonds. The first-order chi connectivity index (χ1) is 8.17. The Morgan fingerprint density at radius 2 is 2.35 bits per heavy atom. The summed E-state index contributed by atoms with van der Waals surface area (Å²) in [5, 5.41) is 9.58. The maximum atomic E-state index is 11.3. The Kier molecular flexibility index (Phi) is 3.23. The van der Waals surface area contributed by atoms with Gasteiger partial charge in [-0.1, -0.05) is 6.92 Å². The zero-order valence-corrected chi connectivity index (χ0v) is 10.3. The summed E-state index contributed by atoms with van der Waals surface area (Å²) in [6.07, 6.45) is 2.52. The average Bonchev–Trinajstić information content (AvgIpc) is 2.71. The summed E-state index contributed by atoms with van der Waals surface area (Å²) in [7, 11) is 1.94. The van der Waals surface area contributed by atoms with Gasteiger partial charge in [-0.3, -0.25) is 0 Å². The summed E-state index contributed by atoms with van der Waals surface area (Å²) in [6.45, 7) is 4.25. The van der Waals surface area contributed by atoms with Crippen LogP contribution in [0.15, 0.2) is 17.2 Å². The highest BCUT2D eigenvalue weighted by Crippen LogP contribution is 2.21. The number of nitrogens with one attached hydrogen (secondary N) is 2. The number of H-pyrrole nitrogens is 1. The third kappa shape index (κ3) is 2.08. The highest BCUT2D eigenvalue weighted by Gasteiger charge is 2.18. The van der Waals surface area contributed by atoms with Gasteiger partial charge >= 0.3 is 5.69 Å². The molecule has 0 aromatic carbocycles. The number of hydrogen-bond donors (Lipinski definition) is 2. The van der Waals surface area contributed by atoms with Crippen molar-refractivity contribution in [3.05, 3.63) is 28.6 Å². The summed E-state index contributed by atoms with van der Waals surface area (Å²) in [6, 6.07) is 2.19. The second-order valence-corrected chi connectivity index (χ2v) is 4.16. The minimum absolute atomic E-state index is 0.256. The summed E-state index contributed by atoms with van der Waals surface area (Å²) < 4.78 is 1.40. The summed E-state index contributed by atoms with van der Waals surface area (Å²) in [5.41, 5.74) is 1.32. The molecule has 6 nitrogen and oxygen atoms in total. The average molecular weight is 235 g/mol. The van der Waals surface area contributed by atoms with Gasteiger partial charge in [0, 0.05) is 18.0 Å². The van der Waals surface area contributed by atoms with Crippen LogP contribution in [0.25, 0.3) is 5.65 Å². The molecule has 2 atom stereocenters. The first kappa shape index (κ1) is 11.8. The maximum absolute atomic E-state index is 11.3. The van der Waals surface area contributed by atoms with Crippen molar-refractivity contribution in [2.45, 2.75) is 32.2 Å². The van der Waals surface area contributed by atoms with Crippen LogP contribution < -0.4 is 11.0 Å². The first-order valence-corrected chi connectivity index (χ1v) is 5.77. The van der Waals surface area contributed by atoms with Gasteiger partial charge in [0.15, 0.2) is 5.65 Å². The Morgan fingerprint density at radius 1 is 1.59 bits per heavy atom. The number of aromatic nitrogens is 4. The van der Waals surface area contributed by atoms with Crippen molar-refractivity contribution in [3.63, 3.8) is 0 Å². The van der Waals surface area contributed by atoms with Crippen LogP contribution >= 0.6 is 0 Å². The number of aromatic amines is 1. The molecular formula is C11H17N5O. The van der Waals surface area contributed by atoms with Crippen LogP contribution in [0.1, 0.15) is 31.9 Å². The summed E-state index contributed by atoms with van der Waals surface area (Å²) in [5.74, 6) is 0.316. The second kappa shape index (κ2) is 4.67. The van der Waals surface area contributed by atoms with E-state index in [9.17, 15) is 4.79 Å². The van der Waals surface area contributed by atoms with E-state index >= 15 is 0 Å². The van der Waals surface area contributed by atoms with Gasteiger partial charge in [-0.15, -0.1) is 0 Å². The van der Waals surface area contributed by atoms with Gasteiger partial charge < -0.3 is 5.32 Å². The lowest BCUT2D eigenvalue weighted by molar-refractivity contribution is 0.473. The van der Waals surface area contributed by atoms with Crippen molar-refractivity contribution < 1.29 is 0 Å². The molecule has 0 spiro atoms. The maximum Gasteiger partial charge on any atom is 0.348 e. The van der Waals surface area contributed by atoms with Gasteiger partial charge in [-0.25, -0.2) is 19.3 Å². The van der Waals surface area contributed by atoms with E-state index in [0.29, 0.717) is 17.6 Å². The minimum atomic E-state index is -0.256.